The van der Waals surface area contributed by atoms with Gasteiger partial charge in [0.1, 0.15) is 5.75 Å². The van der Waals surface area contributed by atoms with Gasteiger partial charge in [0, 0.05) is 13.1 Å². The predicted octanol–water partition coefficient (Wildman–Crippen LogP) is 2.76. The van der Waals surface area contributed by atoms with Crippen molar-refractivity contribution in [2.45, 2.75) is 30.7 Å². The first kappa shape index (κ1) is 22.0. The van der Waals surface area contributed by atoms with E-state index in [4.69, 9.17) is 4.74 Å². The molecule has 0 bridgehead atoms. The number of piperidine rings is 1. The van der Waals surface area contributed by atoms with E-state index in [-0.39, 0.29) is 16.3 Å². The monoisotopic (exact) mass is 455 g/mol. The van der Waals surface area contributed by atoms with Crippen molar-refractivity contribution in [2.24, 2.45) is 0 Å². The Labute approximate surface area is 187 Å². The third-order valence-electron chi connectivity index (χ3n) is 5.33. The molecule has 1 saturated heterocycles. The first-order chi connectivity index (χ1) is 15.5. The van der Waals surface area contributed by atoms with E-state index in [9.17, 15) is 13.2 Å². The Morgan fingerprint density at radius 2 is 1.84 bits per heavy atom. The van der Waals surface area contributed by atoms with Crippen LogP contribution in [0.3, 0.4) is 0 Å². The van der Waals surface area contributed by atoms with Gasteiger partial charge in [-0.2, -0.15) is 4.31 Å². The number of nitrogens with one attached hydrogen (secondary N) is 1. The Bertz CT molecular complexity index is 1190. The van der Waals surface area contributed by atoms with Gasteiger partial charge in [0.05, 0.1) is 30.4 Å². The number of rotatable bonds is 7. The molecule has 1 N–H and O–H groups in total. The van der Waals surface area contributed by atoms with Gasteiger partial charge in [-0.05, 0) is 36.6 Å². The lowest BCUT2D eigenvalue weighted by atomic mass is 10.2. The summed E-state index contributed by atoms with van der Waals surface area (Å²) in [6.45, 7) is 1.48. The van der Waals surface area contributed by atoms with Crippen molar-refractivity contribution in [1.82, 2.24) is 19.3 Å². The lowest BCUT2D eigenvalue weighted by Gasteiger charge is -2.26. The Morgan fingerprint density at radius 1 is 1.09 bits per heavy atom. The number of hydrogen-bond donors (Lipinski definition) is 1. The van der Waals surface area contributed by atoms with Crippen LogP contribution in [-0.2, 0) is 16.6 Å². The number of amides is 1. The van der Waals surface area contributed by atoms with E-state index in [1.165, 1.54) is 23.5 Å². The highest BCUT2D eigenvalue weighted by Crippen LogP contribution is 2.30. The molecule has 1 fully saturated rings. The van der Waals surface area contributed by atoms with Gasteiger partial charge in [-0.3, -0.25) is 4.79 Å². The van der Waals surface area contributed by atoms with Crippen molar-refractivity contribution in [3.8, 4) is 5.75 Å². The van der Waals surface area contributed by atoms with Crippen molar-refractivity contribution in [3.05, 3.63) is 66.0 Å². The van der Waals surface area contributed by atoms with Gasteiger partial charge in [-0.15, -0.1) is 5.10 Å². The van der Waals surface area contributed by atoms with E-state index in [1.54, 1.807) is 16.9 Å². The molecule has 1 aliphatic heterocycles. The number of benzene rings is 2. The number of methoxy groups -OCH3 is 1. The van der Waals surface area contributed by atoms with Crippen molar-refractivity contribution >= 4 is 21.6 Å². The molecule has 10 heteroatoms. The smallest absolute Gasteiger partial charge is 0.277 e. The molecule has 2 aromatic carbocycles. The fourth-order valence-electron chi connectivity index (χ4n) is 3.64. The minimum atomic E-state index is -3.65. The summed E-state index contributed by atoms with van der Waals surface area (Å²) >= 11 is 0. The van der Waals surface area contributed by atoms with Crippen molar-refractivity contribution in [2.75, 3.05) is 25.5 Å². The number of nitrogens with zero attached hydrogens (tertiary/aromatic N) is 4. The molecule has 0 spiro atoms. The first-order valence-electron chi connectivity index (χ1n) is 10.4. The highest BCUT2D eigenvalue weighted by Gasteiger charge is 2.27. The number of anilines is 1. The molecule has 0 saturated carbocycles. The SMILES string of the molecule is COc1ccc(S(=O)(=O)N2CCCCC2)cc1NC(=O)c1cn(Cc2ccccc2)nn1. The Morgan fingerprint density at radius 3 is 2.56 bits per heavy atom. The molecule has 0 aliphatic carbocycles. The number of carbonyl (C=O) groups is 1. The van der Waals surface area contributed by atoms with Gasteiger partial charge >= 0.3 is 0 Å². The summed E-state index contributed by atoms with van der Waals surface area (Å²) in [6, 6.07) is 14.2. The molecule has 2 heterocycles. The van der Waals surface area contributed by atoms with Crippen LogP contribution >= 0.6 is 0 Å². The topological polar surface area (TPSA) is 106 Å². The zero-order valence-corrected chi connectivity index (χ0v) is 18.6. The van der Waals surface area contributed by atoms with Crippen LogP contribution in [0.25, 0.3) is 0 Å². The molecule has 0 radical (unpaired) electrons. The number of sulfonamides is 1. The number of aromatic nitrogens is 3. The second-order valence-electron chi connectivity index (χ2n) is 7.57. The van der Waals surface area contributed by atoms with Gasteiger partial charge in [0.15, 0.2) is 5.69 Å². The van der Waals surface area contributed by atoms with Crippen LogP contribution in [0.4, 0.5) is 5.69 Å². The molecule has 1 aliphatic rings. The normalized spacial score (nSPS) is 14.8. The molecule has 1 amide bonds. The molecule has 0 atom stereocenters. The maximum atomic E-state index is 13.0. The van der Waals surface area contributed by atoms with Crippen molar-refractivity contribution in [3.63, 3.8) is 0 Å². The highest BCUT2D eigenvalue weighted by molar-refractivity contribution is 7.89. The number of hydrogen-bond acceptors (Lipinski definition) is 6. The quantitative estimate of drug-likeness (QED) is 0.587. The first-order valence-corrected chi connectivity index (χ1v) is 11.8. The lowest BCUT2D eigenvalue weighted by molar-refractivity contribution is 0.102. The molecule has 0 unspecified atom stereocenters. The Hall–Kier alpha value is -3.24. The minimum absolute atomic E-state index is 0.114. The minimum Gasteiger partial charge on any atom is -0.495 e. The third-order valence-corrected chi connectivity index (χ3v) is 7.23. The molecule has 3 aromatic rings. The molecule has 4 rings (SSSR count). The second-order valence-corrected chi connectivity index (χ2v) is 9.51. The van der Waals surface area contributed by atoms with E-state index in [0.717, 1.165) is 24.8 Å². The van der Waals surface area contributed by atoms with Gasteiger partial charge in [0.2, 0.25) is 10.0 Å². The van der Waals surface area contributed by atoms with Crippen LogP contribution in [0.15, 0.2) is 59.6 Å². The fraction of sp³-hybridized carbons (Fsp3) is 0.318. The molecular weight excluding hydrogens is 430 g/mol. The summed E-state index contributed by atoms with van der Waals surface area (Å²) in [5.41, 5.74) is 1.40. The average molecular weight is 456 g/mol. The third kappa shape index (κ3) is 4.81. The van der Waals surface area contributed by atoms with Crippen LogP contribution in [0.5, 0.6) is 5.75 Å². The van der Waals surface area contributed by atoms with E-state index in [1.807, 2.05) is 30.3 Å². The fourth-order valence-corrected chi connectivity index (χ4v) is 5.18. The van der Waals surface area contributed by atoms with Crippen LogP contribution < -0.4 is 10.1 Å². The van der Waals surface area contributed by atoms with Gasteiger partial charge < -0.3 is 10.1 Å². The molecule has 9 nitrogen and oxygen atoms in total. The van der Waals surface area contributed by atoms with Crippen LogP contribution in [0.1, 0.15) is 35.3 Å². The molecule has 168 valence electrons. The number of carbonyl (C=O) groups excluding carboxylic acids is 1. The Balaban J connectivity index is 1.53. The van der Waals surface area contributed by atoms with Crippen molar-refractivity contribution < 1.29 is 17.9 Å². The van der Waals surface area contributed by atoms with E-state index in [0.29, 0.717) is 25.4 Å². The summed E-state index contributed by atoms with van der Waals surface area (Å²) < 4.78 is 34.4. The zero-order chi connectivity index (χ0) is 22.6. The van der Waals surface area contributed by atoms with Gasteiger partial charge in [-0.1, -0.05) is 42.0 Å². The maximum Gasteiger partial charge on any atom is 0.277 e. The summed E-state index contributed by atoms with van der Waals surface area (Å²) in [7, 11) is -2.19. The van der Waals surface area contributed by atoms with Crippen LogP contribution in [0, 0.1) is 0 Å². The van der Waals surface area contributed by atoms with Gasteiger partial charge in [-0.25, -0.2) is 13.1 Å². The number of ether oxygens (including phenoxy) is 1. The summed E-state index contributed by atoms with van der Waals surface area (Å²) in [5.74, 6) is -0.150. The summed E-state index contributed by atoms with van der Waals surface area (Å²) in [5, 5.41) is 10.7. The summed E-state index contributed by atoms with van der Waals surface area (Å²) in [6.07, 6.45) is 4.26. The van der Waals surface area contributed by atoms with Gasteiger partial charge in [0.25, 0.3) is 5.91 Å². The van der Waals surface area contributed by atoms with E-state index in [2.05, 4.69) is 15.6 Å². The van der Waals surface area contributed by atoms with Crippen LogP contribution in [-0.4, -0.2) is 53.8 Å². The zero-order valence-electron chi connectivity index (χ0n) is 17.8. The maximum absolute atomic E-state index is 13.0. The van der Waals surface area contributed by atoms with Crippen LogP contribution in [0.2, 0.25) is 0 Å². The Kier molecular flexibility index (Phi) is 6.52. The molecule has 32 heavy (non-hydrogen) atoms. The largest absolute Gasteiger partial charge is 0.495 e. The average Bonchev–Trinajstić information content (AvgIpc) is 3.29. The standard InChI is InChI=1S/C22H25N5O4S/c1-31-21-11-10-18(32(29,30)27-12-6-3-7-13-27)14-19(21)23-22(28)20-16-26(25-24-20)15-17-8-4-2-5-9-17/h2,4-5,8-11,14,16H,3,6-7,12-13,15H2,1H3,(H,23,28). The predicted molar refractivity (Wildman–Crippen MR) is 119 cm³/mol. The second kappa shape index (κ2) is 9.49. The molecule has 1 aromatic heterocycles. The summed E-state index contributed by atoms with van der Waals surface area (Å²) in [4.78, 5) is 12.9. The van der Waals surface area contributed by atoms with E-state index < -0.39 is 15.9 Å². The highest BCUT2D eigenvalue weighted by atomic mass is 32.2. The van der Waals surface area contributed by atoms with E-state index >= 15 is 0 Å². The lowest BCUT2D eigenvalue weighted by Crippen LogP contribution is -2.35. The van der Waals surface area contributed by atoms with Crippen molar-refractivity contribution in [1.29, 1.82) is 0 Å². The molecular formula is C22H25N5O4S.